The van der Waals surface area contributed by atoms with Crippen LogP contribution in [0.3, 0.4) is 0 Å². The zero-order valence-electron chi connectivity index (χ0n) is 9.77. The summed E-state index contributed by atoms with van der Waals surface area (Å²) in [7, 11) is 0. The molecule has 2 fully saturated rings. The lowest BCUT2D eigenvalue weighted by Gasteiger charge is -2.44. The molecule has 0 aromatic carbocycles. The molecule has 16 heavy (non-hydrogen) atoms. The van der Waals surface area contributed by atoms with Gasteiger partial charge in [-0.2, -0.15) is 0 Å². The fourth-order valence-electron chi connectivity index (χ4n) is 2.84. The third kappa shape index (κ3) is 2.88. The van der Waals surface area contributed by atoms with Crippen LogP contribution in [0.15, 0.2) is 5.11 Å². The monoisotopic (exact) mass is 224 g/mol. The summed E-state index contributed by atoms with van der Waals surface area (Å²) in [5, 5.41) is 3.60. The molecule has 0 unspecified atom stereocenters. The van der Waals surface area contributed by atoms with Crippen LogP contribution in [-0.2, 0) is 4.74 Å². The van der Waals surface area contributed by atoms with Crippen molar-refractivity contribution in [2.75, 3.05) is 32.8 Å². The van der Waals surface area contributed by atoms with E-state index < -0.39 is 0 Å². The van der Waals surface area contributed by atoms with E-state index in [1.54, 1.807) is 0 Å². The van der Waals surface area contributed by atoms with Gasteiger partial charge in [0.05, 0.1) is 5.60 Å². The Labute approximate surface area is 96.4 Å². The number of hydrogen-bond acceptors (Lipinski definition) is 3. The first-order valence-electron chi connectivity index (χ1n) is 6.22. The Morgan fingerprint density at radius 2 is 2.19 bits per heavy atom. The highest BCUT2D eigenvalue weighted by Crippen LogP contribution is 2.33. The topological polar surface area (TPSA) is 61.2 Å². The summed E-state index contributed by atoms with van der Waals surface area (Å²) in [6.07, 6.45) is 6.11. The van der Waals surface area contributed by atoms with Gasteiger partial charge in [0.15, 0.2) is 0 Å². The Morgan fingerprint density at radius 3 is 2.94 bits per heavy atom. The van der Waals surface area contributed by atoms with Gasteiger partial charge in [0, 0.05) is 31.2 Å². The van der Waals surface area contributed by atoms with Gasteiger partial charge < -0.3 is 9.64 Å². The smallest absolute Gasteiger partial charge is 0.0809 e. The molecular formula is C11H20N4O. The van der Waals surface area contributed by atoms with E-state index in [0.717, 1.165) is 26.2 Å². The molecule has 2 rings (SSSR count). The van der Waals surface area contributed by atoms with E-state index >= 15 is 0 Å². The highest BCUT2D eigenvalue weighted by Gasteiger charge is 2.37. The van der Waals surface area contributed by atoms with Crippen LogP contribution >= 0.6 is 0 Å². The number of piperidine rings is 1. The van der Waals surface area contributed by atoms with Crippen molar-refractivity contribution in [1.29, 1.82) is 0 Å². The van der Waals surface area contributed by atoms with E-state index in [1.807, 2.05) is 0 Å². The van der Waals surface area contributed by atoms with Crippen LogP contribution in [0.1, 0.15) is 32.1 Å². The van der Waals surface area contributed by atoms with Crippen molar-refractivity contribution in [3.8, 4) is 0 Å². The molecule has 1 spiro atoms. The van der Waals surface area contributed by atoms with Gasteiger partial charge >= 0.3 is 0 Å². The standard InChI is InChI=1S/C11H20N4O/c12-14-13-6-8-15-7-3-5-11(10-15)4-1-2-9-16-11/h1-10H2/t11-/m1/s1. The van der Waals surface area contributed by atoms with E-state index in [2.05, 4.69) is 14.9 Å². The fraction of sp³-hybridized carbons (Fsp3) is 1.00. The summed E-state index contributed by atoms with van der Waals surface area (Å²) in [5.41, 5.74) is 8.37. The number of likely N-dealkylation sites (tertiary alicyclic amines) is 1. The van der Waals surface area contributed by atoms with Crippen molar-refractivity contribution in [3.05, 3.63) is 10.4 Å². The van der Waals surface area contributed by atoms with Crippen molar-refractivity contribution in [3.63, 3.8) is 0 Å². The Kier molecular flexibility index (Phi) is 4.04. The summed E-state index contributed by atoms with van der Waals surface area (Å²) < 4.78 is 6.00. The largest absolute Gasteiger partial charge is 0.374 e. The molecule has 1 atom stereocenters. The minimum Gasteiger partial charge on any atom is -0.374 e. The molecule has 5 heteroatoms. The van der Waals surface area contributed by atoms with Crippen molar-refractivity contribution < 1.29 is 4.74 Å². The lowest BCUT2D eigenvalue weighted by molar-refractivity contribution is -0.115. The maximum Gasteiger partial charge on any atom is 0.0809 e. The first-order valence-corrected chi connectivity index (χ1v) is 6.22. The highest BCUT2D eigenvalue weighted by atomic mass is 16.5. The van der Waals surface area contributed by atoms with Crippen molar-refractivity contribution in [2.45, 2.75) is 37.7 Å². The van der Waals surface area contributed by atoms with Crippen LogP contribution in [-0.4, -0.2) is 43.3 Å². The third-order valence-electron chi connectivity index (χ3n) is 3.63. The molecule has 2 heterocycles. The first-order chi connectivity index (χ1) is 7.85. The number of hydrogen-bond donors (Lipinski definition) is 0. The molecule has 0 aromatic heterocycles. The first kappa shape index (κ1) is 11.7. The number of nitrogens with zero attached hydrogens (tertiary/aromatic N) is 4. The van der Waals surface area contributed by atoms with Crippen LogP contribution < -0.4 is 0 Å². The molecule has 0 bridgehead atoms. The predicted molar refractivity (Wildman–Crippen MR) is 62.2 cm³/mol. The van der Waals surface area contributed by atoms with Crippen molar-refractivity contribution in [2.24, 2.45) is 5.11 Å². The predicted octanol–water partition coefficient (Wildman–Crippen LogP) is 2.33. The summed E-state index contributed by atoms with van der Waals surface area (Å²) in [6, 6.07) is 0. The zero-order chi connectivity index (χ0) is 11.3. The number of azide groups is 1. The molecule has 0 N–H and O–H groups in total. The maximum absolute atomic E-state index is 8.25. The average molecular weight is 224 g/mol. The Balaban J connectivity index is 1.85. The minimum atomic E-state index is 0.118. The molecule has 2 saturated heterocycles. The minimum absolute atomic E-state index is 0.118. The fourth-order valence-corrected chi connectivity index (χ4v) is 2.84. The second-order valence-electron chi connectivity index (χ2n) is 4.82. The van der Waals surface area contributed by atoms with E-state index in [9.17, 15) is 0 Å². The van der Waals surface area contributed by atoms with E-state index in [-0.39, 0.29) is 5.60 Å². The average Bonchev–Trinajstić information content (AvgIpc) is 2.31. The van der Waals surface area contributed by atoms with Gasteiger partial charge in [-0.25, -0.2) is 0 Å². The van der Waals surface area contributed by atoms with Crippen LogP contribution in [0.4, 0.5) is 0 Å². The van der Waals surface area contributed by atoms with Crippen LogP contribution in [0.25, 0.3) is 10.4 Å². The Morgan fingerprint density at radius 1 is 1.31 bits per heavy atom. The van der Waals surface area contributed by atoms with Gasteiger partial charge in [-0.05, 0) is 44.2 Å². The van der Waals surface area contributed by atoms with Crippen LogP contribution in [0.5, 0.6) is 0 Å². The molecule has 0 radical (unpaired) electrons. The van der Waals surface area contributed by atoms with Crippen molar-refractivity contribution >= 4 is 0 Å². The lowest BCUT2D eigenvalue weighted by atomic mass is 9.86. The molecule has 5 nitrogen and oxygen atoms in total. The molecule has 90 valence electrons. The summed E-state index contributed by atoms with van der Waals surface area (Å²) in [5.74, 6) is 0. The number of ether oxygens (including phenoxy) is 1. The van der Waals surface area contributed by atoms with Crippen LogP contribution in [0.2, 0.25) is 0 Å². The zero-order valence-corrected chi connectivity index (χ0v) is 9.77. The summed E-state index contributed by atoms with van der Waals surface area (Å²) in [4.78, 5) is 5.17. The molecule has 0 aromatic rings. The molecule has 2 aliphatic rings. The normalized spacial score (nSPS) is 31.2. The van der Waals surface area contributed by atoms with E-state index in [0.29, 0.717) is 6.54 Å². The molecular weight excluding hydrogens is 204 g/mol. The molecule has 0 amide bonds. The highest BCUT2D eigenvalue weighted by molar-refractivity contribution is 4.90. The van der Waals surface area contributed by atoms with Gasteiger partial charge in [-0.1, -0.05) is 5.11 Å². The quantitative estimate of drug-likeness (QED) is 0.419. The number of rotatable bonds is 3. The molecule has 0 saturated carbocycles. The van der Waals surface area contributed by atoms with Gasteiger partial charge in [-0.15, -0.1) is 0 Å². The lowest BCUT2D eigenvalue weighted by Crippen LogP contribution is -2.51. The second kappa shape index (κ2) is 5.53. The Bertz CT molecular complexity index is 264. The van der Waals surface area contributed by atoms with E-state index in [4.69, 9.17) is 10.3 Å². The van der Waals surface area contributed by atoms with Crippen LogP contribution in [0, 0.1) is 0 Å². The van der Waals surface area contributed by atoms with E-state index in [1.165, 1.54) is 32.1 Å². The third-order valence-corrected chi connectivity index (χ3v) is 3.63. The Hall–Kier alpha value is -0.770. The SMILES string of the molecule is [N-]=[N+]=NCCN1CCC[C@]2(CCCCO2)C1. The van der Waals surface area contributed by atoms with Gasteiger partial charge in [0.2, 0.25) is 0 Å². The van der Waals surface area contributed by atoms with Crippen molar-refractivity contribution in [1.82, 2.24) is 4.90 Å². The second-order valence-corrected chi connectivity index (χ2v) is 4.82. The maximum atomic E-state index is 8.25. The van der Waals surface area contributed by atoms with Gasteiger partial charge in [-0.3, -0.25) is 0 Å². The summed E-state index contributed by atoms with van der Waals surface area (Å²) >= 11 is 0. The molecule has 2 aliphatic heterocycles. The van der Waals surface area contributed by atoms with Gasteiger partial charge in [0.1, 0.15) is 0 Å². The van der Waals surface area contributed by atoms with Gasteiger partial charge in [0.25, 0.3) is 0 Å². The molecule has 0 aliphatic carbocycles. The summed E-state index contributed by atoms with van der Waals surface area (Å²) in [6.45, 7) is 4.51.